The molecule has 0 saturated heterocycles. The van der Waals surface area contributed by atoms with Crippen molar-refractivity contribution in [1.82, 2.24) is 9.78 Å². The van der Waals surface area contributed by atoms with Gasteiger partial charge in [-0.25, -0.2) is 4.79 Å². The predicted octanol–water partition coefficient (Wildman–Crippen LogP) is 4.42. The van der Waals surface area contributed by atoms with Gasteiger partial charge in [-0.2, -0.15) is 5.10 Å². The molecule has 0 unspecified atom stereocenters. The Hall–Kier alpha value is -1.04. The van der Waals surface area contributed by atoms with Crippen molar-refractivity contribution in [1.29, 1.82) is 0 Å². The van der Waals surface area contributed by atoms with Crippen LogP contribution in [0.3, 0.4) is 0 Å². The fourth-order valence-electron chi connectivity index (χ4n) is 1.71. The second kappa shape index (κ2) is 5.94. The van der Waals surface area contributed by atoms with Crippen LogP contribution < -0.4 is 0 Å². The monoisotopic (exact) mass is 318 g/mol. The van der Waals surface area contributed by atoms with Crippen LogP contribution >= 0.6 is 34.5 Å². The van der Waals surface area contributed by atoms with E-state index in [2.05, 4.69) is 12.0 Å². The van der Waals surface area contributed by atoms with Crippen LogP contribution in [0.4, 0.5) is 0 Å². The van der Waals surface area contributed by atoms with E-state index in [1.165, 1.54) is 17.5 Å². The van der Waals surface area contributed by atoms with Gasteiger partial charge in [-0.1, -0.05) is 36.5 Å². The highest BCUT2D eigenvalue weighted by Gasteiger charge is 2.20. The number of carboxylic acid groups (broad SMARTS) is 1. The number of hydrogen-bond acceptors (Lipinski definition) is 3. The van der Waals surface area contributed by atoms with E-state index >= 15 is 0 Å². The average molecular weight is 319 g/mol. The van der Waals surface area contributed by atoms with Gasteiger partial charge in [-0.05, 0) is 12.5 Å². The zero-order valence-electron chi connectivity index (χ0n) is 10.2. The van der Waals surface area contributed by atoms with Gasteiger partial charge in [-0.3, -0.25) is 4.68 Å². The number of aromatic nitrogens is 2. The normalized spacial score (nSPS) is 10.9. The van der Waals surface area contributed by atoms with Gasteiger partial charge in [0.25, 0.3) is 0 Å². The van der Waals surface area contributed by atoms with Gasteiger partial charge in [-0.15, -0.1) is 11.3 Å². The van der Waals surface area contributed by atoms with E-state index in [0.717, 1.165) is 12.8 Å². The number of carboxylic acids is 1. The van der Waals surface area contributed by atoms with Crippen molar-refractivity contribution in [3.63, 3.8) is 0 Å². The molecule has 4 nitrogen and oxygen atoms in total. The number of aromatic carboxylic acids is 1. The van der Waals surface area contributed by atoms with Crippen LogP contribution in [-0.2, 0) is 6.54 Å². The van der Waals surface area contributed by atoms with E-state index < -0.39 is 5.97 Å². The topological polar surface area (TPSA) is 55.1 Å². The van der Waals surface area contributed by atoms with Crippen LogP contribution in [0.1, 0.15) is 30.1 Å². The number of aryl methyl sites for hydroxylation is 1. The minimum atomic E-state index is -1.02. The lowest BCUT2D eigenvalue weighted by atomic mass is 10.1. The molecule has 0 fully saturated rings. The van der Waals surface area contributed by atoms with Gasteiger partial charge < -0.3 is 5.11 Å². The van der Waals surface area contributed by atoms with Crippen molar-refractivity contribution in [2.75, 3.05) is 0 Å². The fourth-order valence-corrected chi connectivity index (χ4v) is 3.18. The standard InChI is InChI=1S/C12H12Cl2N2O2S/c1-2-3-4-16-6-8(12(17)18)10(15-16)7-5-9(13)19-11(7)14/h5-6H,2-4H2,1H3,(H,17,18). The Balaban J connectivity index is 2.46. The Kier molecular flexibility index (Phi) is 4.50. The maximum atomic E-state index is 11.3. The quantitative estimate of drug-likeness (QED) is 0.888. The molecule has 0 bridgehead atoms. The molecule has 102 valence electrons. The van der Waals surface area contributed by atoms with Crippen LogP contribution in [0.15, 0.2) is 12.3 Å². The SMILES string of the molecule is CCCCn1cc(C(=O)O)c(-c2cc(Cl)sc2Cl)n1. The lowest BCUT2D eigenvalue weighted by Gasteiger charge is -1.98. The third-order valence-electron chi connectivity index (χ3n) is 2.64. The van der Waals surface area contributed by atoms with Crippen molar-refractivity contribution < 1.29 is 9.90 Å². The molecule has 2 heterocycles. The number of hydrogen-bond donors (Lipinski definition) is 1. The molecule has 1 N–H and O–H groups in total. The molecule has 0 radical (unpaired) electrons. The third kappa shape index (κ3) is 3.11. The molecule has 2 rings (SSSR count). The lowest BCUT2D eigenvalue weighted by molar-refractivity contribution is 0.0697. The number of nitrogens with zero attached hydrogens (tertiary/aromatic N) is 2. The summed E-state index contributed by atoms with van der Waals surface area (Å²) in [5.74, 6) is -1.02. The summed E-state index contributed by atoms with van der Waals surface area (Å²) in [4.78, 5) is 11.3. The number of thiophene rings is 1. The molecule has 0 aliphatic heterocycles. The van der Waals surface area contributed by atoms with Crippen LogP contribution in [0.2, 0.25) is 8.67 Å². The molecular formula is C12H12Cl2N2O2S. The van der Waals surface area contributed by atoms with Gasteiger partial charge in [0.15, 0.2) is 0 Å². The van der Waals surface area contributed by atoms with E-state index in [-0.39, 0.29) is 5.56 Å². The molecule has 0 spiro atoms. The van der Waals surface area contributed by atoms with E-state index in [9.17, 15) is 9.90 Å². The first-order chi connectivity index (χ1) is 9.02. The molecular weight excluding hydrogens is 307 g/mol. The summed E-state index contributed by atoms with van der Waals surface area (Å²) < 4.78 is 2.61. The van der Waals surface area contributed by atoms with Gasteiger partial charge in [0.05, 0.1) is 4.34 Å². The van der Waals surface area contributed by atoms with Gasteiger partial charge >= 0.3 is 5.97 Å². The molecule has 0 atom stereocenters. The van der Waals surface area contributed by atoms with Gasteiger partial charge in [0.1, 0.15) is 15.6 Å². The number of halogens is 2. The van der Waals surface area contributed by atoms with Crippen LogP contribution in [0.5, 0.6) is 0 Å². The summed E-state index contributed by atoms with van der Waals surface area (Å²) in [7, 11) is 0. The molecule has 19 heavy (non-hydrogen) atoms. The van der Waals surface area contributed by atoms with Gasteiger partial charge in [0.2, 0.25) is 0 Å². The average Bonchev–Trinajstić information content (AvgIpc) is 2.90. The molecule has 2 aromatic heterocycles. The Morgan fingerprint density at radius 1 is 1.53 bits per heavy atom. The maximum Gasteiger partial charge on any atom is 0.339 e. The van der Waals surface area contributed by atoms with Crippen LogP contribution in [-0.4, -0.2) is 20.9 Å². The first-order valence-corrected chi connectivity index (χ1v) is 7.36. The Morgan fingerprint density at radius 3 is 2.79 bits per heavy atom. The number of rotatable bonds is 5. The lowest BCUT2D eigenvalue weighted by Crippen LogP contribution is -1.98. The highest BCUT2D eigenvalue weighted by Crippen LogP contribution is 2.38. The van der Waals surface area contributed by atoms with Crippen molar-refractivity contribution >= 4 is 40.5 Å². The fraction of sp³-hybridized carbons (Fsp3) is 0.333. The van der Waals surface area contributed by atoms with E-state index in [1.54, 1.807) is 10.7 Å². The zero-order chi connectivity index (χ0) is 14.0. The van der Waals surface area contributed by atoms with Crippen LogP contribution in [0, 0.1) is 0 Å². The first-order valence-electron chi connectivity index (χ1n) is 5.79. The second-order valence-corrected chi connectivity index (χ2v) is 6.34. The van der Waals surface area contributed by atoms with Crippen molar-refractivity contribution in [3.8, 4) is 11.3 Å². The first kappa shape index (κ1) is 14.4. The minimum absolute atomic E-state index is 0.146. The summed E-state index contributed by atoms with van der Waals surface area (Å²) in [6, 6.07) is 1.65. The Bertz CT molecular complexity index is 607. The van der Waals surface area contributed by atoms with E-state index in [1.807, 2.05) is 0 Å². The molecule has 0 aliphatic rings. The highest BCUT2D eigenvalue weighted by atomic mass is 35.5. The van der Waals surface area contributed by atoms with Crippen molar-refractivity contribution in [2.24, 2.45) is 0 Å². The smallest absolute Gasteiger partial charge is 0.339 e. The molecule has 0 aromatic carbocycles. The van der Waals surface area contributed by atoms with Gasteiger partial charge in [0, 0.05) is 18.3 Å². The van der Waals surface area contributed by atoms with Crippen LogP contribution in [0.25, 0.3) is 11.3 Å². The summed E-state index contributed by atoms with van der Waals surface area (Å²) in [6.07, 6.45) is 3.50. The highest BCUT2D eigenvalue weighted by molar-refractivity contribution is 7.20. The summed E-state index contributed by atoms with van der Waals surface area (Å²) in [5, 5.41) is 13.6. The predicted molar refractivity (Wildman–Crippen MR) is 77.4 cm³/mol. The van der Waals surface area contributed by atoms with Crippen molar-refractivity contribution in [3.05, 3.63) is 26.5 Å². The minimum Gasteiger partial charge on any atom is -0.478 e. The summed E-state index contributed by atoms with van der Waals surface area (Å²) in [6.45, 7) is 2.75. The Morgan fingerprint density at radius 2 is 2.26 bits per heavy atom. The molecule has 0 aliphatic carbocycles. The maximum absolute atomic E-state index is 11.3. The summed E-state index contributed by atoms with van der Waals surface area (Å²) >= 11 is 13.2. The van der Waals surface area contributed by atoms with Crippen molar-refractivity contribution in [2.45, 2.75) is 26.3 Å². The largest absolute Gasteiger partial charge is 0.478 e. The molecule has 7 heteroatoms. The molecule has 0 saturated carbocycles. The Labute approximate surface area is 124 Å². The zero-order valence-corrected chi connectivity index (χ0v) is 12.5. The molecule has 2 aromatic rings. The second-order valence-electron chi connectivity index (χ2n) is 4.05. The van der Waals surface area contributed by atoms with E-state index in [0.29, 0.717) is 26.5 Å². The van der Waals surface area contributed by atoms with E-state index in [4.69, 9.17) is 23.2 Å². The summed E-state index contributed by atoms with van der Waals surface area (Å²) in [5.41, 5.74) is 1.09. The number of carbonyl (C=O) groups is 1. The number of unbranched alkanes of at least 4 members (excludes halogenated alkanes) is 1. The molecule has 0 amide bonds. The third-order valence-corrected chi connectivity index (χ3v) is 4.13.